The number of pyridine rings is 1. The third-order valence-corrected chi connectivity index (χ3v) is 5.60. The van der Waals surface area contributed by atoms with E-state index in [0.717, 1.165) is 0 Å². The van der Waals surface area contributed by atoms with Crippen LogP contribution in [0.1, 0.15) is 30.1 Å². The van der Waals surface area contributed by atoms with Gasteiger partial charge in [-0.05, 0) is 18.6 Å². The van der Waals surface area contributed by atoms with Crippen molar-refractivity contribution >= 4 is 34.8 Å². The molecule has 0 saturated heterocycles. The third kappa shape index (κ3) is 4.58. The normalized spacial score (nSPS) is 16.6. The molecule has 3 aromatic rings. The molecule has 34 heavy (non-hydrogen) atoms. The predicted molar refractivity (Wildman–Crippen MR) is 125 cm³/mol. The molecule has 0 radical (unpaired) electrons. The van der Waals surface area contributed by atoms with Gasteiger partial charge in [-0.2, -0.15) is 5.10 Å². The van der Waals surface area contributed by atoms with Gasteiger partial charge in [-0.1, -0.05) is 13.0 Å². The van der Waals surface area contributed by atoms with Crippen LogP contribution >= 0.6 is 0 Å². The molecule has 0 spiro atoms. The molecule has 1 aromatic carbocycles. The first-order valence-corrected chi connectivity index (χ1v) is 10.8. The first-order valence-electron chi connectivity index (χ1n) is 10.8. The van der Waals surface area contributed by atoms with Crippen LogP contribution in [-0.4, -0.2) is 44.5 Å². The number of aryl methyl sites for hydroxylation is 1. The molecule has 1 aliphatic carbocycles. The number of hydrogen-bond acceptors (Lipinski definition) is 8. The number of amides is 2. The van der Waals surface area contributed by atoms with Gasteiger partial charge in [-0.25, -0.2) is 9.97 Å². The van der Waals surface area contributed by atoms with Crippen LogP contribution in [-0.2, 0) is 16.6 Å². The third-order valence-electron chi connectivity index (χ3n) is 5.60. The fourth-order valence-corrected chi connectivity index (χ4v) is 3.70. The Labute approximate surface area is 195 Å². The Balaban J connectivity index is 1.66. The summed E-state index contributed by atoms with van der Waals surface area (Å²) in [5.41, 5.74) is 7.34. The van der Waals surface area contributed by atoms with Gasteiger partial charge in [0.15, 0.2) is 17.4 Å². The van der Waals surface area contributed by atoms with Gasteiger partial charge in [0.25, 0.3) is 0 Å². The van der Waals surface area contributed by atoms with Crippen LogP contribution in [0.3, 0.4) is 0 Å². The van der Waals surface area contributed by atoms with Gasteiger partial charge < -0.3 is 21.1 Å². The summed E-state index contributed by atoms with van der Waals surface area (Å²) in [6.45, 7) is 1.76. The molecule has 2 heterocycles. The Morgan fingerprint density at radius 1 is 1.21 bits per heavy atom. The lowest BCUT2D eigenvalue weighted by molar-refractivity contribution is -0.123. The van der Waals surface area contributed by atoms with Crippen LogP contribution in [0.5, 0.6) is 5.75 Å². The van der Waals surface area contributed by atoms with E-state index in [1.54, 1.807) is 37.1 Å². The van der Waals surface area contributed by atoms with E-state index in [4.69, 9.17) is 10.5 Å². The fraction of sp³-hybridized carbons (Fsp3) is 0.304. The number of carbonyl (C=O) groups is 3. The Hall–Kier alpha value is -4.28. The molecular formula is C23H25N7O4. The zero-order valence-electron chi connectivity index (χ0n) is 19.0. The first kappa shape index (κ1) is 22.9. The zero-order valence-corrected chi connectivity index (χ0v) is 19.0. The molecular weight excluding hydrogens is 438 g/mol. The van der Waals surface area contributed by atoms with Crippen molar-refractivity contribution in [3.63, 3.8) is 0 Å². The van der Waals surface area contributed by atoms with E-state index >= 15 is 0 Å². The van der Waals surface area contributed by atoms with E-state index in [9.17, 15) is 14.4 Å². The van der Waals surface area contributed by atoms with Gasteiger partial charge in [0.2, 0.25) is 11.8 Å². The van der Waals surface area contributed by atoms with E-state index in [2.05, 4.69) is 25.7 Å². The van der Waals surface area contributed by atoms with Crippen LogP contribution in [0.25, 0.3) is 11.4 Å². The predicted octanol–water partition coefficient (Wildman–Crippen LogP) is 2.28. The summed E-state index contributed by atoms with van der Waals surface area (Å²) < 4.78 is 7.23. The van der Waals surface area contributed by atoms with Crippen LogP contribution in [0, 0.1) is 11.8 Å². The molecule has 0 bridgehead atoms. The molecule has 0 aliphatic heterocycles. The quantitative estimate of drug-likeness (QED) is 0.408. The number of nitrogens with one attached hydrogen (secondary N) is 2. The van der Waals surface area contributed by atoms with E-state index in [-0.39, 0.29) is 23.9 Å². The van der Waals surface area contributed by atoms with Crippen LogP contribution in [0.2, 0.25) is 0 Å². The molecule has 11 heteroatoms. The number of para-hydroxylation sites is 1. The second-order valence-corrected chi connectivity index (χ2v) is 7.99. The number of anilines is 3. The van der Waals surface area contributed by atoms with E-state index < -0.39 is 17.7 Å². The molecule has 176 valence electrons. The number of aromatic nitrogens is 4. The monoisotopic (exact) mass is 463 g/mol. The minimum atomic E-state index is -0.492. The Kier molecular flexibility index (Phi) is 6.26. The SMILES string of the molecule is CCC(=O)c1cnc(NC(=O)[C@@H]2C[C@H]2C(N)=O)cc1Nc1cccc(-c2ncn(C)n2)c1OC. The number of nitrogens with zero attached hydrogens (tertiary/aromatic N) is 4. The highest BCUT2D eigenvalue weighted by molar-refractivity contribution is 6.03. The molecule has 4 N–H and O–H groups in total. The number of benzene rings is 1. The number of ketones is 1. The minimum Gasteiger partial charge on any atom is -0.494 e. The first-order chi connectivity index (χ1) is 16.3. The Bertz CT molecular complexity index is 1270. The summed E-state index contributed by atoms with van der Waals surface area (Å²) >= 11 is 0. The highest BCUT2D eigenvalue weighted by Gasteiger charge is 2.47. The second kappa shape index (κ2) is 9.30. The summed E-state index contributed by atoms with van der Waals surface area (Å²) in [6, 6.07) is 7.03. The second-order valence-electron chi connectivity index (χ2n) is 7.99. The van der Waals surface area contributed by atoms with Gasteiger partial charge in [-0.15, -0.1) is 0 Å². The van der Waals surface area contributed by atoms with Gasteiger partial charge in [0, 0.05) is 25.7 Å². The number of hydrogen-bond donors (Lipinski definition) is 3. The summed E-state index contributed by atoms with van der Waals surface area (Å²) in [5.74, 6) is -0.633. The number of ether oxygens (including phenoxy) is 1. The number of Topliss-reactive ketones (excluding diaryl/α,β-unsaturated/α-hetero) is 1. The van der Waals surface area contributed by atoms with Gasteiger partial charge in [-0.3, -0.25) is 19.1 Å². The highest BCUT2D eigenvalue weighted by atomic mass is 16.5. The van der Waals surface area contributed by atoms with Gasteiger partial charge >= 0.3 is 0 Å². The van der Waals surface area contributed by atoms with Crippen molar-refractivity contribution in [3.05, 3.63) is 42.4 Å². The number of nitrogens with two attached hydrogens (primary N) is 1. The lowest BCUT2D eigenvalue weighted by atomic mass is 10.1. The molecule has 2 atom stereocenters. The maximum Gasteiger partial charge on any atom is 0.229 e. The molecule has 2 aromatic heterocycles. The standard InChI is InChI=1S/C23H25N7O4/c1-4-18(31)15-10-25-19(28-23(33)14-8-13(14)21(24)32)9-17(15)27-16-7-5-6-12(20(16)34-3)22-26-11-30(2)29-22/h5-7,9-11,13-14H,4,8H2,1-3H3,(H2,24,32)(H2,25,27,28,33)/t13-,14-/m1/s1. The molecule has 4 rings (SSSR count). The maximum absolute atomic E-state index is 12.6. The van der Waals surface area contributed by atoms with E-state index in [1.165, 1.54) is 13.3 Å². The zero-order chi connectivity index (χ0) is 24.4. The lowest BCUT2D eigenvalue weighted by Gasteiger charge is -2.16. The minimum absolute atomic E-state index is 0.120. The summed E-state index contributed by atoms with van der Waals surface area (Å²) in [6.07, 6.45) is 3.70. The number of primary amides is 1. The largest absolute Gasteiger partial charge is 0.494 e. The molecule has 0 unspecified atom stereocenters. The lowest BCUT2D eigenvalue weighted by Crippen LogP contribution is -2.21. The Morgan fingerprint density at radius 2 is 2.00 bits per heavy atom. The number of carbonyl (C=O) groups excluding carboxylic acids is 3. The Morgan fingerprint density at radius 3 is 2.62 bits per heavy atom. The molecule has 1 aliphatic rings. The maximum atomic E-state index is 12.6. The average Bonchev–Trinajstić information content (AvgIpc) is 3.53. The van der Waals surface area contributed by atoms with Crippen molar-refractivity contribution in [1.29, 1.82) is 0 Å². The van der Waals surface area contributed by atoms with E-state index in [0.29, 0.717) is 40.5 Å². The van der Waals surface area contributed by atoms with Crippen molar-refractivity contribution in [2.75, 3.05) is 17.7 Å². The number of rotatable bonds is 9. The molecule has 1 saturated carbocycles. The van der Waals surface area contributed by atoms with Crippen molar-refractivity contribution in [2.24, 2.45) is 24.6 Å². The van der Waals surface area contributed by atoms with Crippen molar-refractivity contribution in [1.82, 2.24) is 19.7 Å². The number of methoxy groups -OCH3 is 1. The van der Waals surface area contributed by atoms with Crippen LogP contribution < -0.4 is 21.1 Å². The smallest absolute Gasteiger partial charge is 0.229 e. The summed E-state index contributed by atoms with van der Waals surface area (Å²) in [4.78, 5) is 44.8. The van der Waals surface area contributed by atoms with Crippen molar-refractivity contribution < 1.29 is 19.1 Å². The van der Waals surface area contributed by atoms with Crippen LogP contribution in [0.15, 0.2) is 36.8 Å². The summed E-state index contributed by atoms with van der Waals surface area (Å²) in [5, 5.41) is 10.3. The fourth-order valence-electron chi connectivity index (χ4n) is 3.70. The topological polar surface area (TPSA) is 154 Å². The molecule has 1 fully saturated rings. The molecule has 11 nitrogen and oxygen atoms in total. The summed E-state index contributed by atoms with van der Waals surface area (Å²) in [7, 11) is 3.31. The van der Waals surface area contributed by atoms with E-state index in [1.807, 2.05) is 12.1 Å². The van der Waals surface area contributed by atoms with Gasteiger partial charge in [0.1, 0.15) is 12.1 Å². The molecule has 2 amide bonds. The van der Waals surface area contributed by atoms with Crippen molar-refractivity contribution in [2.45, 2.75) is 19.8 Å². The van der Waals surface area contributed by atoms with Gasteiger partial charge in [0.05, 0.1) is 41.4 Å². The van der Waals surface area contributed by atoms with Crippen molar-refractivity contribution in [3.8, 4) is 17.1 Å². The van der Waals surface area contributed by atoms with Crippen LogP contribution in [0.4, 0.5) is 17.2 Å². The highest BCUT2D eigenvalue weighted by Crippen LogP contribution is 2.40. The average molecular weight is 463 g/mol.